The van der Waals surface area contributed by atoms with Crippen LogP contribution in [0.5, 0.6) is 0 Å². The number of benzene rings is 1. The molecular formula is C18H25ClIN5O. The molecule has 26 heavy (non-hydrogen) atoms. The minimum absolute atomic E-state index is 0. The lowest BCUT2D eigenvalue weighted by molar-refractivity contribution is 0.328. The zero-order valence-corrected chi connectivity index (χ0v) is 18.1. The molecule has 0 spiro atoms. The van der Waals surface area contributed by atoms with E-state index >= 15 is 0 Å². The van der Waals surface area contributed by atoms with Gasteiger partial charge in [0.15, 0.2) is 5.96 Å². The monoisotopic (exact) mass is 489 g/mol. The van der Waals surface area contributed by atoms with Gasteiger partial charge in [0.2, 0.25) is 11.7 Å². The van der Waals surface area contributed by atoms with E-state index < -0.39 is 0 Å². The zero-order chi connectivity index (χ0) is 17.6. The van der Waals surface area contributed by atoms with Crippen LogP contribution in [0.3, 0.4) is 0 Å². The van der Waals surface area contributed by atoms with Gasteiger partial charge in [-0.15, -0.1) is 24.0 Å². The van der Waals surface area contributed by atoms with Gasteiger partial charge in [-0.05, 0) is 43.7 Å². The first-order valence-corrected chi connectivity index (χ1v) is 9.07. The summed E-state index contributed by atoms with van der Waals surface area (Å²) in [5.74, 6) is 2.64. The summed E-state index contributed by atoms with van der Waals surface area (Å²) in [4.78, 5) is 8.68. The van der Waals surface area contributed by atoms with E-state index in [4.69, 9.17) is 16.1 Å². The lowest BCUT2D eigenvalue weighted by Gasteiger charge is -2.28. The van der Waals surface area contributed by atoms with Crippen molar-refractivity contribution in [3.05, 3.63) is 35.2 Å². The van der Waals surface area contributed by atoms with Gasteiger partial charge in [-0.3, -0.25) is 4.99 Å². The summed E-state index contributed by atoms with van der Waals surface area (Å²) in [5.41, 5.74) is 0.835. The van der Waals surface area contributed by atoms with Crippen molar-refractivity contribution in [3.63, 3.8) is 0 Å². The minimum atomic E-state index is 0. The molecule has 0 amide bonds. The highest BCUT2D eigenvalue weighted by Gasteiger charge is 2.19. The highest BCUT2D eigenvalue weighted by molar-refractivity contribution is 14.0. The van der Waals surface area contributed by atoms with Gasteiger partial charge in [-0.1, -0.05) is 35.8 Å². The first-order valence-electron chi connectivity index (χ1n) is 8.69. The molecule has 1 aliphatic carbocycles. The molecule has 142 valence electrons. The molecular weight excluding hydrogens is 465 g/mol. The molecule has 0 atom stereocenters. The first kappa shape index (κ1) is 21.0. The average molecular weight is 490 g/mol. The van der Waals surface area contributed by atoms with Gasteiger partial charge < -0.3 is 15.2 Å². The number of aliphatic imine (C=N–C) groups is 1. The van der Waals surface area contributed by atoms with E-state index in [2.05, 4.69) is 32.7 Å². The van der Waals surface area contributed by atoms with Crippen molar-refractivity contribution in [1.29, 1.82) is 0 Å². The molecule has 1 aliphatic rings. The van der Waals surface area contributed by atoms with E-state index in [9.17, 15) is 0 Å². The first-order chi connectivity index (χ1) is 12.1. The third-order valence-corrected chi connectivity index (χ3v) is 4.77. The molecule has 0 bridgehead atoms. The Morgan fingerprint density at radius 3 is 2.77 bits per heavy atom. The molecule has 0 unspecified atom stereocenters. The van der Waals surface area contributed by atoms with E-state index in [1.54, 1.807) is 7.05 Å². The summed E-state index contributed by atoms with van der Waals surface area (Å²) in [6.45, 7) is 2.74. The number of halogens is 2. The van der Waals surface area contributed by atoms with Crippen molar-refractivity contribution >= 4 is 41.5 Å². The number of rotatable bonds is 4. The van der Waals surface area contributed by atoms with Gasteiger partial charge in [-0.25, -0.2) is 0 Å². The largest absolute Gasteiger partial charge is 0.354 e. The number of hydrogen-bond donors (Lipinski definition) is 2. The second kappa shape index (κ2) is 10.1. The molecule has 2 N–H and O–H groups in total. The topological polar surface area (TPSA) is 75.3 Å². The fraction of sp³-hybridized carbons (Fsp3) is 0.500. The maximum absolute atomic E-state index is 6.00. The van der Waals surface area contributed by atoms with Crippen LogP contribution in [-0.2, 0) is 6.54 Å². The Morgan fingerprint density at radius 1 is 1.31 bits per heavy atom. The Balaban J connectivity index is 0.00000243. The molecule has 6 nitrogen and oxygen atoms in total. The smallest absolute Gasteiger partial charge is 0.246 e. The van der Waals surface area contributed by atoms with Gasteiger partial charge >= 0.3 is 0 Å². The number of guanidine groups is 1. The summed E-state index contributed by atoms with van der Waals surface area (Å²) >= 11 is 6.00. The molecule has 0 saturated heterocycles. The van der Waals surface area contributed by atoms with Crippen molar-refractivity contribution in [3.8, 4) is 11.4 Å². The van der Waals surface area contributed by atoms with Crippen LogP contribution >= 0.6 is 35.6 Å². The Labute approximate surface area is 176 Å². The second-order valence-corrected chi connectivity index (χ2v) is 6.99. The SMILES string of the molecule is CN=C(NCc1nc(-c2cccc(Cl)c2)no1)NC1CCC(C)CC1.I. The van der Waals surface area contributed by atoms with Crippen molar-refractivity contribution in [2.75, 3.05) is 7.05 Å². The summed E-state index contributed by atoms with van der Waals surface area (Å²) in [5, 5.41) is 11.4. The molecule has 0 radical (unpaired) electrons. The van der Waals surface area contributed by atoms with E-state index in [1.807, 2.05) is 24.3 Å². The minimum Gasteiger partial charge on any atom is -0.354 e. The van der Waals surface area contributed by atoms with Crippen molar-refractivity contribution in [2.24, 2.45) is 10.9 Å². The molecule has 1 heterocycles. The van der Waals surface area contributed by atoms with Gasteiger partial charge in [0.1, 0.15) is 0 Å². The van der Waals surface area contributed by atoms with Crippen LogP contribution in [0.15, 0.2) is 33.8 Å². The molecule has 1 aromatic carbocycles. The Bertz CT molecular complexity index is 728. The van der Waals surface area contributed by atoms with E-state index in [0.29, 0.717) is 29.3 Å². The van der Waals surface area contributed by atoms with Crippen LogP contribution in [0.4, 0.5) is 0 Å². The van der Waals surface area contributed by atoms with Gasteiger partial charge in [0.25, 0.3) is 0 Å². The third-order valence-electron chi connectivity index (χ3n) is 4.54. The quantitative estimate of drug-likeness (QED) is 0.381. The molecule has 3 rings (SSSR count). The maximum atomic E-state index is 6.00. The summed E-state index contributed by atoms with van der Waals surface area (Å²) in [6.07, 6.45) is 4.89. The molecule has 1 aromatic heterocycles. The van der Waals surface area contributed by atoms with Crippen LogP contribution in [0.2, 0.25) is 5.02 Å². The molecule has 8 heteroatoms. The molecule has 1 fully saturated rings. The Morgan fingerprint density at radius 2 is 2.08 bits per heavy atom. The van der Waals surface area contributed by atoms with Crippen LogP contribution in [0.1, 0.15) is 38.5 Å². The molecule has 1 saturated carbocycles. The van der Waals surface area contributed by atoms with Crippen molar-refractivity contribution in [1.82, 2.24) is 20.8 Å². The van der Waals surface area contributed by atoms with Crippen molar-refractivity contribution in [2.45, 2.75) is 45.2 Å². The number of nitrogens with one attached hydrogen (secondary N) is 2. The standard InChI is InChI=1S/C18H24ClN5O.HI/c1-12-6-8-15(9-7-12)22-18(20-2)21-11-16-23-17(24-25-16)13-4-3-5-14(19)10-13;/h3-5,10,12,15H,6-9,11H2,1-2H3,(H2,20,21,22);1H. The maximum Gasteiger partial charge on any atom is 0.246 e. The lowest BCUT2D eigenvalue weighted by atomic mass is 9.87. The van der Waals surface area contributed by atoms with E-state index in [0.717, 1.165) is 17.4 Å². The van der Waals surface area contributed by atoms with Crippen LogP contribution in [0.25, 0.3) is 11.4 Å². The highest BCUT2D eigenvalue weighted by Crippen LogP contribution is 2.23. The molecule has 0 aliphatic heterocycles. The van der Waals surface area contributed by atoms with Crippen molar-refractivity contribution < 1.29 is 4.52 Å². The highest BCUT2D eigenvalue weighted by atomic mass is 127. The average Bonchev–Trinajstić information content (AvgIpc) is 3.09. The summed E-state index contributed by atoms with van der Waals surface area (Å²) < 4.78 is 5.31. The predicted octanol–water partition coefficient (Wildman–Crippen LogP) is 4.25. The summed E-state index contributed by atoms with van der Waals surface area (Å²) in [6, 6.07) is 7.87. The number of nitrogens with zero attached hydrogens (tertiary/aromatic N) is 3. The predicted molar refractivity (Wildman–Crippen MR) is 115 cm³/mol. The van der Waals surface area contributed by atoms with E-state index in [-0.39, 0.29) is 24.0 Å². The third kappa shape index (κ3) is 5.84. The Hall–Kier alpha value is -1.35. The normalized spacial score (nSPS) is 20.3. The number of aromatic nitrogens is 2. The van der Waals surface area contributed by atoms with Gasteiger partial charge in [-0.2, -0.15) is 4.98 Å². The second-order valence-electron chi connectivity index (χ2n) is 6.55. The Kier molecular flexibility index (Phi) is 8.15. The fourth-order valence-corrected chi connectivity index (χ4v) is 3.21. The summed E-state index contributed by atoms with van der Waals surface area (Å²) in [7, 11) is 1.77. The molecule has 2 aromatic rings. The fourth-order valence-electron chi connectivity index (χ4n) is 3.02. The number of hydrogen-bond acceptors (Lipinski definition) is 4. The zero-order valence-electron chi connectivity index (χ0n) is 15.0. The van der Waals surface area contributed by atoms with E-state index in [1.165, 1.54) is 25.7 Å². The van der Waals surface area contributed by atoms with Gasteiger partial charge in [0, 0.05) is 23.7 Å². The van der Waals surface area contributed by atoms with Crippen LogP contribution in [-0.4, -0.2) is 29.2 Å². The van der Waals surface area contributed by atoms with Crippen LogP contribution < -0.4 is 10.6 Å². The van der Waals surface area contributed by atoms with Gasteiger partial charge in [0.05, 0.1) is 6.54 Å². The van der Waals surface area contributed by atoms with Crippen LogP contribution in [0, 0.1) is 5.92 Å². The lowest BCUT2D eigenvalue weighted by Crippen LogP contribution is -2.44.